The van der Waals surface area contributed by atoms with Gasteiger partial charge in [0.15, 0.2) is 0 Å². The second kappa shape index (κ2) is 7.51. The first-order chi connectivity index (χ1) is 13.6. The number of carbonyl (C=O) groups is 1. The highest BCUT2D eigenvalue weighted by Crippen LogP contribution is 2.13. The number of imidazole rings is 1. The Labute approximate surface area is 162 Å². The zero-order valence-electron chi connectivity index (χ0n) is 15.8. The molecule has 0 atom stereocenters. The molecule has 0 bridgehead atoms. The van der Waals surface area contributed by atoms with Crippen molar-refractivity contribution >= 4 is 17.2 Å². The van der Waals surface area contributed by atoms with Gasteiger partial charge in [0.25, 0.3) is 5.91 Å². The van der Waals surface area contributed by atoms with Crippen molar-refractivity contribution in [3.8, 4) is 5.82 Å². The van der Waals surface area contributed by atoms with Gasteiger partial charge in [-0.3, -0.25) is 9.36 Å². The van der Waals surface area contributed by atoms with Gasteiger partial charge < -0.3 is 15.0 Å². The van der Waals surface area contributed by atoms with Gasteiger partial charge in [-0.05, 0) is 32.0 Å². The monoisotopic (exact) mass is 375 g/mol. The Hall–Kier alpha value is -3.68. The SMILES string of the molecule is Cc1nc(NCCNC(=O)c2cc3ccccn3c2)cc(-n2ccnc2C)n1. The Morgan fingerprint density at radius 3 is 2.79 bits per heavy atom. The van der Waals surface area contributed by atoms with Gasteiger partial charge in [0, 0.05) is 49.5 Å². The van der Waals surface area contributed by atoms with Crippen LogP contribution in [0.5, 0.6) is 0 Å². The van der Waals surface area contributed by atoms with Crippen molar-refractivity contribution in [2.45, 2.75) is 13.8 Å². The Balaban J connectivity index is 1.35. The highest BCUT2D eigenvalue weighted by Gasteiger charge is 2.09. The summed E-state index contributed by atoms with van der Waals surface area (Å²) in [6.45, 7) is 4.80. The third-order valence-corrected chi connectivity index (χ3v) is 4.38. The standard InChI is InChI=1S/C20H21N7O/c1-14-24-18(12-19(25-14)27-10-8-21-15(27)2)22-6-7-23-20(28)16-11-17-5-3-4-9-26(17)13-16/h3-5,8-13H,6-7H2,1-2H3,(H,23,28)(H,22,24,25). The molecule has 0 unspecified atom stereocenters. The van der Waals surface area contributed by atoms with Crippen LogP contribution in [0, 0.1) is 13.8 Å². The number of aryl methyl sites for hydroxylation is 2. The average molecular weight is 375 g/mol. The quantitative estimate of drug-likeness (QED) is 0.505. The predicted molar refractivity (Wildman–Crippen MR) is 107 cm³/mol. The van der Waals surface area contributed by atoms with E-state index in [1.165, 1.54) is 0 Å². The van der Waals surface area contributed by atoms with Crippen molar-refractivity contribution in [2.75, 3.05) is 18.4 Å². The summed E-state index contributed by atoms with van der Waals surface area (Å²) >= 11 is 0. The Morgan fingerprint density at radius 1 is 1.11 bits per heavy atom. The molecule has 0 fully saturated rings. The van der Waals surface area contributed by atoms with Crippen molar-refractivity contribution < 1.29 is 4.79 Å². The van der Waals surface area contributed by atoms with E-state index in [4.69, 9.17) is 0 Å². The lowest BCUT2D eigenvalue weighted by Gasteiger charge is -2.10. The van der Waals surface area contributed by atoms with Crippen molar-refractivity contribution in [2.24, 2.45) is 0 Å². The molecule has 8 heteroatoms. The summed E-state index contributed by atoms with van der Waals surface area (Å²) < 4.78 is 3.83. The predicted octanol–water partition coefficient (Wildman–Crippen LogP) is 2.37. The first-order valence-corrected chi connectivity index (χ1v) is 9.05. The van der Waals surface area contributed by atoms with Crippen molar-refractivity contribution in [1.82, 2.24) is 29.2 Å². The number of aromatic nitrogens is 5. The van der Waals surface area contributed by atoms with Crippen LogP contribution < -0.4 is 10.6 Å². The highest BCUT2D eigenvalue weighted by molar-refractivity contribution is 5.95. The maximum atomic E-state index is 12.3. The van der Waals surface area contributed by atoms with Crippen LogP contribution in [0.2, 0.25) is 0 Å². The van der Waals surface area contributed by atoms with E-state index >= 15 is 0 Å². The van der Waals surface area contributed by atoms with Gasteiger partial charge >= 0.3 is 0 Å². The van der Waals surface area contributed by atoms with Gasteiger partial charge in [-0.2, -0.15) is 0 Å². The second-order valence-corrected chi connectivity index (χ2v) is 6.45. The van der Waals surface area contributed by atoms with E-state index in [9.17, 15) is 4.79 Å². The van der Waals surface area contributed by atoms with Gasteiger partial charge in [0.05, 0.1) is 5.56 Å². The summed E-state index contributed by atoms with van der Waals surface area (Å²) in [4.78, 5) is 25.4. The number of carbonyl (C=O) groups excluding carboxylic acids is 1. The molecule has 0 aliphatic rings. The smallest absolute Gasteiger partial charge is 0.252 e. The molecule has 0 spiro atoms. The van der Waals surface area contributed by atoms with E-state index < -0.39 is 0 Å². The van der Waals surface area contributed by atoms with Crippen LogP contribution in [0.3, 0.4) is 0 Å². The van der Waals surface area contributed by atoms with Crippen LogP contribution in [-0.4, -0.2) is 42.9 Å². The van der Waals surface area contributed by atoms with Crippen molar-refractivity contribution in [1.29, 1.82) is 0 Å². The third-order valence-electron chi connectivity index (χ3n) is 4.38. The molecule has 4 rings (SSSR count). The number of fused-ring (bicyclic) bond motifs is 1. The van der Waals surface area contributed by atoms with E-state index in [0.29, 0.717) is 30.3 Å². The van der Waals surface area contributed by atoms with Crippen LogP contribution in [0.1, 0.15) is 22.0 Å². The summed E-state index contributed by atoms with van der Waals surface area (Å²) in [6, 6.07) is 9.59. The molecule has 8 nitrogen and oxygen atoms in total. The van der Waals surface area contributed by atoms with E-state index in [2.05, 4.69) is 25.6 Å². The zero-order chi connectivity index (χ0) is 19.5. The molecule has 0 aliphatic heterocycles. The Kier molecular flexibility index (Phi) is 4.76. The second-order valence-electron chi connectivity index (χ2n) is 6.45. The fourth-order valence-electron chi connectivity index (χ4n) is 3.03. The van der Waals surface area contributed by atoms with Crippen molar-refractivity contribution in [3.05, 3.63) is 72.3 Å². The molecule has 1 amide bonds. The van der Waals surface area contributed by atoms with Crippen molar-refractivity contribution in [3.63, 3.8) is 0 Å². The molecule has 28 heavy (non-hydrogen) atoms. The maximum Gasteiger partial charge on any atom is 0.252 e. The number of hydrogen-bond donors (Lipinski definition) is 2. The minimum Gasteiger partial charge on any atom is -0.368 e. The molecule has 0 aromatic carbocycles. The maximum absolute atomic E-state index is 12.3. The summed E-state index contributed by atoms with van der Waals surface area (Å²) in [6.07, 6.45) is 7.35. The minimum absolute atomic E-state index is 0.0981. The van der Waals surface area contributed by atoms with Gasteiger partial charge in [-0.1, -0.05) is 6.07 Å². The molecule has 142 valence electrons. The molecule has 4 aromatic rings. The first-order valence-electron chi connectivity index (χ1n) is 9.05. The number of hydrogen-bond acceptors (Lipinski definition) is 5. The topological polar surface area (TPSA) is 89.1 Å². The normalized spacial score (nSPS) is 10.9. The Morgan fingerprint density at radius 2 is 2.00 bits per heavy atom. The summed E-state index contributed by atoms with van der Waals surface area (Å²) in [5.41, 5.74) is 1.63. The number of rotatable bonds is 6. The highest BCUT2D eigenvalue weighted by atomic mass is 16.1. The summed E-state index contributed by atoms with van der Waals surface area (Å²) in [7, 11) is 0. The molecular weight excluding hydrogens is 354 g/mol. The lowest BCUT2D eigenvalue weighted by molar-refractivity contribution is 0.0955. The summed E-state index contributed by atoms with van der Waals surface area (Å²) in [5, 5.41) is 6.16. The third kappa shape index (κ3) is 3.71. The molecule has 4 aromatic heterocycles. The van der Waals surface area contributed by atoms with Gasteiger partial charge in [0.2, 0.25) is 0 Å². The molecule has 0 saturated heterocycles. The molecule has 0 radical (unpaired) electrons. The van der Waals surface area contributed by atoms with Gasteiger partial charge in [-0.25, -0.2) is 15.0 Å². The lowest BCUT2D eigenvalue weighted by atomic mass is 10.3. The van der Waals surface area contributed by atoms with E-state index in [1.807, 2.05) is 71.7 Å². The fraction of sp³-hybridized carbons (Fsp3) is 0.200. The van der Waals surface area contributed by atoms with E-state index in [1.54, 1.807) is 6.20 Å². The van der Waals surface area contributed by atoms with Crippen LogP contribution in [-0.2, 0) is 0 Å². The largest absolute Gasteiger partial charge is 0.368 e. The van der Waals surface area contributed by atoms with Gasteiger partial charge in [0.1, 0.15) is 23.3 Å². The van der Waals surface area contributed by atoms with E-state index in [-0.39, 0.29) is 5.91 Å². The fourth-order valence-corrected chi connectivity index (χ4v) is 3.03. The van der Waals surface area contributed by atoms with E-state index in [0.717, 1.165) is 17.2 Å². The number of pyridine rings is 1. The number of amides is 1. The average Bonchev–Trinajstić information content (AvgIpc) is 3.30. The molecular formula is C20H21N7O. The summed E-state index contributed by atoms with van der Waals surface area (Å²) in [5.74, 6) is 2.89. The van der Waals surface area contributed by atoms with Crippen LogP contribution in [0.4, 0.5) is 5.82 Å². The number of nitrogens with zero attached hydrogens (tertiary/aromatic N) is 5. The zero-order valence-corrected chi connectivity index (χ0v) is 15.8. The molecule has 4 heterocycles. The Bertz CT molecular complexity index is 1100. The molecule has 2 N–H and O–H groups in total. The first kappa shape index (κ1) is 17.7. The van der Waals surface area contributed by atoms with Crippen LogP contribution in [0.25, 0.3) is 11.3 Å². The number of anilines is 1. The molecule has 0 aliphatic carbocycles. The molecule has 0 saturated carbocycles. The number of nitrogens with one attached hydrogen (secondary N) is 2. The van der Waals surface area contributed by atoms with Crippen LogP contribution in [0.15, 0.2) is 55.1 Å². The lowest BCUT2D eigenvalue weighted by Crippen LogP contribution is -2.28. The van der Waals surface area contributed by atoms with Crippen LogP contribution >= 0.6 is 0 Å². The van der Waals surface area contributed by atoms with Gasteiger partial charge in [-0.15, -0.1) is 0 Å². The minimum atomic E-state index is -0.0981.